The van der Waals surface area contributed by atoms with Crippen LogP contribution in [0.25, 0.3) is 10.6 Å². The third kappa shape index (κ3) is 5.59. The topological polar surface area (TPSA) is 85.4 Å². The first-order chi connectivity index (χ1) is 13.7. The first-order valence-electron chi connectivity index (χ1n) is 8.79. The molecular weight excluding hydrogens is 428 g/mol. The number of amides is 1. The van der Waals surface area contributed by atoms with Crippen molar-refractivity contribution in [3.05, 3.63) is 49.8 Å². The molecule has 3 aromatic heterocycles. The Labute approximate surface area is 180 Å². The van der Waals surface area contributed by atoms with Gasteiger partial charge in [0.25, 0.3) is 0 Å². The Kier molecular flexibility index (Phi) is 6.61. The number of ketones is 1. The third-order valence-corrected chi connectivity index (χ3v) is 6.56. The Morgan fingerprint density at radius 1 is 1.14 bits per heavy atom. The molecule has 3 heterocycles. The average molecular weight is 449 g/mol. The Balaban J connectivity index is 1.51. The first-order valence-corrected chi connectivity index (χ1v) is 11.4. The van der Waals surface area contributed by atoms with Gasteiger partial charge in [0, 0.05) is 26.6 Å². The molecular formula is C20H20N2O4S3. The number of hydrogen-bond acceptors (Lipinski definition) is 8. The zero-order chi connectivity index (χ0) is 21.0. The number of aromatic nitrogens is 1. The minimum atomic E-state index is -0.620. The van der Waals surface area contributed by atoms with Crippen molar-refractivity contribution in [3.63, 3.8) is 0 Å². The van der Waals surface area contributed by atoms with E-state index in [4.69, 9.17) is 4.74 Å². The SMILES string of the molecule is CC(C)(C)C(=O)NCc1ccc(C(=O)COC(=O)c2csc(-c3ccsc3)n2)s1. The van der Waals surface area contributed by atoms with E-state index in [9.17, 15) is 14.4 Å². The smallest absolute Gasteiger partial charge is 0.358 e. The van der Waals surface area contributed by atoms with Crippen LogP contribution in [0.4, 0.5) is 0 Å². The fourth-order valence-electron chi connectivity index (χ4n) is 2.22. The van der Waals surface area contributed by atoms with Crippen LogP contribution in [-0.4, -0.2) is 29.3 Å². The summed E-state index contributed by atoms with van der Waals surface area (Å²) in [6.07, 6.45) is 0. The lowest BCUT2D eigenvalue weighted by Gasteiger charge is -2.17. The van der Waals surface area contributed by atoms with E-state index in [1.165, 1.54) is 22.7 Å². The molecule has 0 atom stereocenters. The molecule has 0 aliphatic heterocycles. The van der Waals surface area contributed by atoms with Gasteiger partial charge in [0.2, 0.25) is 11.7 Å². The van der Waals surface area contributed by atoms with Crippen LogP contribution in [0.15, 0.2) is 34.3 Å². The van der Waals surface area contributed by atoms with Crippen molar-refractivity contribution in [1.29, 1.82) is 0 Å². The van der Waals surface area contributed by atoms with Crippen molar-refractivity contribution >= 4 is 51.7 Å². The first kappa shape index (κ1) is 21.4. The normalized spacial score (nSPS) is 11.3. The average Bonchev–Trinajstić information content (AvgIpc) is 3.43. The van der Waals surface area contributed by atoms with Crippen LogP contribution < -0.4 is 5.32 Å². The zero-order valence-corrected chi connectivity index (χ0v) is 18.6. The number of thiophene rings is 2. The number of nitrogens with one attached hydrogen (secondary N) is 1. The Morgan fingerprint density at radius 3 is 2.62 bits per heavy atom. The van der Waals surface area contributed by atoms with E-state index in [0.717, 1.165) is 15.4 Å². The highest BCUT2D eigenvalue weighted by Crippen LogP contribution is 2.26. The number of thiazole rings is 1. The van der Waals surface area contributed by atoms with Crippen LogP contribution >= 0.6 is 34.0 Å². The van der Waals surface area contributed by atoms with E-state index in [-0.39, 0.29) is 24.0 Å². The highest BCUT2D eigenvalue weighted by atomic mass is 32.1. The molecule has 3 rings (SSSR count). The minimum Gasteiger partial charge on any atom is -0.453 e. The number of rotatable bonds is 7. The van der Waals surface area contributed by atoms with Gasteiger partial charge in [-0.05, 0) is 23.6 Å². The molecule has 0 saturated heterocycles. The summed E-state index contributed by atoms with van der Waals surface area (Å²) in [4.78, 5) is 42.0. The predicted octanol–water partition coefficient (Wildman–Crippen LogP) is 4.64. The summed E-state index contributed by atoms with van der Waals surface area (Å²) in [5, 5.41) is 9.11. The fraction of sp³-hybridized carbons (Fsp3) is 0.300. The Hall–Kier alpha value is -2.36. The number of carbonyl (C=O) groups is 3. The minimum absolute atomic E-state index is 0.0576. The summed E-state index contributed by atoms with van der Waals surface area (Å²) < 4.78 is 5.12. The van der Waals surface area contributed by atoms with E-state index in [0.29, 0.717) is 11.4 Å². The largest absolute Gasteiger partial charge is 0.453 e. The van der Waals surface area contributed by atoms with Gasteiger partial charge in [-0.25, -0.2) is 9.78 Å². The fourth-order valence-corrected chi connectivity index (χ4v) is 4.59. The summed E-state index contributed by atoms with van der Waals surface area (Å²) in [5.74, 6) is -0.965. The molecule has 0 unspecified atom stereocenters. The van der Waals surface area contributed by atoms with Crippen LogP contribution in [0.5, 0.6) is 0 Å². The lowest BCUT2D eigenvalue weighted by molar-refractivity contribution is -0.128. The van der Waals surface area contributed by atoms with E-state index in [1.54, 1.807) is 28.8 Å². The van der Waals surface area contributed by atoms with E-state index in [2.05, 4.69) is 10.3 Å². The Bertz CT molecular complexity index is 1010. The molecule has 9 heteroatoms. The summed E-state index contributed by atoms with van der Waals surface area (Å²) in [7, 11) is 0. The van der Waals surface area contributed by atoms with Crippen molar-refractivity contribution < 1.29 is 19.1 Å². The van der Waals surface area contributed by atoms with Gasteiger partial charge in [-0.3, -0.25) is 9.59 Å². The second kappa shape index (κ2) is 8.98. The van der Waals surface area contributed by atoms with Crippen molar-refractivity contribution in [2.24, 2.45) is 5.41 Å². The van der Waals surface area contributed by atoms with Gasteiger partial charge in [-0.1, -0.05) is 20.8 Å². The van der Waals surface area contributed by atoms with Gasteiger partial charge in [-0.2, -0.15) is 11.3 Å². The standard InChI is InChI=1S/C20H20N2O4S3/c1-20(2,3)19(25)21-8-13-4-5-16(29-13)15(23)9-26-18(24)14-11-28-17(22-14)12-6-7-27-10-12/h4-7,10-11H,8-9H2,1-3H3,(H,21,25). The molecule has 1 N–H and O–H groups in total. The van der Waals surface area contributed by atoms with Crippen LogP contribution in [0, 0.1) is 5.41 Å². The second-order valence-electron chi connectivity index (χ2n) is 7.25. The van der Waals surface area contributed by atoms with Gasteiger partial charge in [0.05, 0.1) is 11.4 Å². The lowest BCUT2D eigenvalue weighted by Crippen LogP contribution is -2.34. The summed E-state index contributed by atoms with van der Waals surface area (Å²) in [6, 6.07) is 5.40. The maximum absolute atomic E-state index is 12.3. The molecule has 0 bridgehead atoms. The maximum Gasteiger partial charge on any atom is 0.358 e. The highest BCUT2D eigenvalue weighted by molar-refractivity contribution is 7.14. The zero-order valence-electron chi connectivity index (χ0n) is 16.2. The number of ether oxygens (including phenoxy) is 1. The molecule has 0 radical (unpaired) electrons. The van der Waals surface area contributed by atoms with Crippen LogP contribution in [0.2, 0.25) is 0 Å². The molecule has 3 aromatic rings. The van der Waals surface area contributed by atoms with E-state index < -0.39 is 11.4 Å². The molecule has 1 amide bonds. The Morgan fingerprint density at radius 2 is 1.93 bits per heavy atom. The number of carbonyl (C=O) groups excluding carboxylic acids is 3. The molecule has 0 aliphatic carbocycles. The highest BCUT2D eigenvalue weighted by Gasteiger charge is 2.21. The summed E-state index contributed by atoms with van der Waals surface area (Å²) in [5.41, 5.74) is 0.684. The van der Waals surface area contributed by atoms with Gasteiger partial charge in [0.1, 0.15) is 5.01 Å². The molecule has 0 aromatic carbocycles. The quantitative estimate of drug-likeness (QED) is 0.421. The van der Waals surface area contributed by atoms with Crippen molar-refractivity contribution in [2.75, 3.05) is 6.61 Å². The maximum atomic E-state index is 12.3. The van der Waals surface area contributed by atoms with Gasteiger partial charge in [-0.15, -0.1) is 22.7 Å². The number of esters is 1. The van der Waals surface area contributed by atoms with E-state index in [1.807, 2.05) is 37.6 Å². The molecule has 6 nitrogen and oxygen atoms in total. The van der Waals surface area contributed by atoms with Crippen LogP contribution in [-0.2, 0) is 16.1 Å². The van der Waals surface area contributed by atoms with Crippen molar-refractivity contribution in [2.45, 2.75) is 27.3 Å². The van der Waals surface area contributed by atoms with Crippen LogP contribution in [0.1, 0.15) is 45.8 Å². The third-order valence-electron chi connectivity index (χ3n) is 3.86. The van der Waals surface area contributed by atoms with Gasteiger partial charge in [0.15, 0.2) is 12.3 Å². The second-order valence-corrected chi connectivity index (χ2v) is 10.1. The molecule has 0 fully saturated rings. The van der Waals surface area contributed by atoms with Gasteiger partial charge >= 0.3 is 5.97 Å². The number of hydrogen-bond donors (Lipinski definition) is 1. The molecule has 0 saturated carbocycles. The van der Waals surface area contributed by atoms with Crippen LogP contribution in [0.3, 0.4) is 0 Å². The monoisotopic (exact) mass is 448 g/mol. The molecule has 0 spiro atoms. The van der Waals surface area contributed by atoms with Crippen molar-refractivity contribution in [3.8, 4) is 10.6 Å². The summed E-state index contributed by atoms with van der Waals surface area (Å²) in [6.45, 7) is 5.53. The predicted molar refractivity (Wildman–Crippen MR) is 116 cm³/mol. The van der Waals surface area contributed by atoms with Crippen molar-refractivity contribution in [1.82, 2.24) is 10.3 Å². The number of Topliss-reactive ketones (excluding diaryl/α,β-unsaturated/α-hetero) is 1. The molecule has 29 heavy (non-hydrogen) atoms. The lowest BCUT2D eigenvalue weighted by atomic mass is 9.96. The summed E-state index contributed by atoms with van der Waals surface area (Å²) >= 11 is 4.19. The van der Waals surface area contributed by atoms with Gasteiger partial charge < -0.3 is 10.1 Å². The number of nitrogens with zero attached hydrogens (tertiary/aromatic N) is 1. The van der Waals surface area contributed by atoms with E-state index >= 15 is 0 Å². The molecule has 0 aliphatic rings. The molecule has 152 valence electrons.